The molecule has 0 heterocycles. The van der Waals surface area contributed by atoms with E-state index in [2.05, 4.69) is 5.32 Å². The van der Waals surface area contributed by atoms with Crippen LogP contribution < -0.4 is 10.2 Å². The average molecular weight is 356 g/mol. The Morgan fingerprint density at radius 2 is 1.69 bits per heavy atom. The van der Waals surface area contributed by atoms with Gasteiger partial charge in [-0.2, -0.15) is 0 Å². The summed E-state index contributed by atoms with van der Waals surface area (Å²) in [6, 6.07) is 11.7. The summed E-state index contributed by atoms with van der Waals surface area (Å²) in [6.45, 7) is 9.41. The highest BCUT2D eigenvalue weighted by Gasteiger charge is 2.31. The Morgan fingerprint density at radius 1 is 1.12 bits per heavy atom. The summed E-state index contributed by atoms with van der Waals surface area (Å²) >= 11 is 0. The Morgan fingerprint density at radius 3 is 2.23 bits per heavy atom. The van der Waals surface area contributed by atoms with E-state index in [-0.39, 0.29) is 11.6 Å². The summed E-state index contributed by atoms with van der Waals surface area (Å²) in [4.78, 5) is 24.9. The standard InChI is InChI=1S/C20H25N3O3/c1-5-22(6-2)19(16-11-8-12-17(13-16)23(25)26)20(24)21-18-14(3)9-7-10-15(18)4/h7-13,19H,5-6H2,1-4H3,(H,21,24)/p+1/t19-/m1/s1. The fourth-order valence-corrected chi connectivity index (χ4v) is 3.26. The fraction of sp³-hybridized carbons (Fsp3) is 0.350. The predicted octanol–water partition coefficient (Wildman–Crippen LogP) is 2.82. The normalized spacial score (nSPS) is 12.0. The van der Waals surface area contributed by atoms with Crippen molar-refractivity contribution in [3.05, 3.63) is 69.3 Å². The van der Waals surface area contributed by atoms with Crippen LogP contribution in [0.2, 0.25) is 0 Å². The van der Waals surface area contributed by atoms with Gasteiger partial charge in [0.1, 0.15) is 0 Å². The largest absolute Gasteiger partial charge is 0.321 e. The van der Waals surface area contributed by atoms with Gasteiger partial charge in [-0.05, 0) is 38.8 Å². The van der Waals surface area contributed by atoms with E-state index in [1.165, 1.54) is 12.1 Å². The minimum atomic E-state index is -0.510. The van der Waals surface area contributed by atoms with E-state index in [4.69, 9.17) is 0 Å². The van der Waals surface area contributed by atoms with Crippen LogP contribution in [0.5, 0.6) is 0 Å². The van der Waals surface area contributed by atoms with E-state index < -0.39 is 11.0 Å². The number of carbonyl (C=O) groups excluding carboxylic acids is 1. The first-order chi connectivity index (χ1) is 12.4. The Bertz CT molecular complexity index is 780. The zero-order valence-electron chi connectivity index (χ0n) is 15.7. The lowest BCUT2D eigenvalue weighted by molar-refractivity contribution is -0.918. The summed E-state index contributed by atoms with van der Waals surface area (Å²) in [5.74, 6) is -0.151. The molecule has 0 aliphatic heterocycles. The van der Waals surface area contributed by atoms with Gasteiger partial charge < -0.3 is 10.2 Å². The van der Waals surface area contributed by atoms with Crippen molar-refractivity contribution in [2.75, 3.05) is 18.4 Å². The van der Waals surface area contributed by atoms with Crippen LogP contribution in [0.3, 0.4) is 0 Å². The number of carbonyl (C=O) groups is 1. The molecule has 2 aromatic rings. The summed E-state index contributed by atoms with van der Waals surface area (Å²) in [5, 5.41) is 14.2. The van der Waals surface area contributed by atoms with Crippen LogP contribution in [0.25, 0.3) is 0 Å². The van der Waals surface area contributed by atoms with E-state index in [0.717, 1.165) is 34.8 Å². The van der Waals surface area contributed by atoms with Gasteiger partial charge >= 0.3 is 0 Å². The minimum absolute atomic E-state index is 0.000992. The first-order valence-electron chi connectivity index (χ1n) is 8.85. The number of rotatable bonds is 7. The van der Waals surface area contributed by atoms with Crippen molar-refractivity contribution in [3.63, 3.8) is 0 Å². The number of nitrogens with one attached hydrogen (secondary N) is 2. The van der Waals surface area contributed by atoms with Crippen LogP contribution in [-0.4, -0.2) is 23.9 Å². The number of anilines is 1. The topological polar surface area (TPSA) is 76.7 Å². The molecular formula is C20H26N3O3+. The predicted molar refractivity (Wildman–Crippen MR) is 102 cm³/mol. The number of benzene rings is 2. The highest BCUT2D eigenvalue weighted by atomic mass is 16.6. The zero-order chi connectivity index (χ0) is 19.3. The van der Waals surface area contributed by atoms with E-state index in [0.29, 0.717) is 5.56 Å². The molecule has 26 heavy (non-hydrogen) atoms. The average Bonchev–Trinajstić information content (AvgIpc) is 2.62. The Balaban J connectivity index is 2.43. The first kappa shape index (κ1) is 19.6. The van der Waals surface area contributed by atoms with Crippen LogP contribution >= 0.6 is 0 Å². The third kappa shape index (κ3) is 4.26. The number of amides is 1. The molecular weight excluding hydrogens is 330 g/mol. The number of likely N-dealkylation sites (N-methyl/N-ethyl adjacent to an activating group) is 1. The number of non-ortho nitro benzene ring substituents is 1. The molecule has 138 valence electrons. The molecule has 0 fully saturated rings. The molecule has 0 aliphatic carbocycles. The van der Waals surface area contributed by atoms with Crippen molar-refractivity contribution in [3.8, 4) is 0 Å². The quantitative estimate of drug-likeness (QED) is 0.592. The summed E-state index contributed by atoms with van der Waals surface area (Å²) in [7, 11) is 0. The number of hydrogen-bond acceptors (Lipinski definition) is 3. The monoisotopic (exact) mass is 356 g/mol. The Kier molecular flexibility index (Phi) is 6.46. The third-order valence-corrected chi connectivity index (χ3v) is 4.72. The second-order valence-electron chi connectivity index (χ2n) is 6.41. The Labute approximate surface area is 154 Å². The molecule has 0 spiro atoms. The van der Waals surface area contributed by atoms with E-state index in [1.807, 2.05) is 45.9 Å². The molecule has 0 saturated heterocycles. The number of nitro groups is 1. The van der Waals surface area contributed by atoms with Crippen LogP contribution in [0.4, 0.5) is 11.4 Å². The van der Waals surface area contributed by atoms with Crippen molar-refractivity contribution in [2.24, 2.45) is 0 Å². The molecule has 0 saturated carbocycles. The lowest BCUT2D eigenvalue weighted by Crippen LogP contribution is -3.12. The van der Waals surface area contributed by atoms with Crippen LogP contribution in [0, 0.1) is 24.0 Å². The molecule has 6 nitrogen and oxygen atoms in total. The van der Waals surface area contributed by atoms with Crippen LogP contribution in [0.1, 0.15) is 36.6 Å². The van der Waals surface area contributed by atoms with Gasteiger partial charge in [0.15, 0.2) is 6.04 Å². The fourth-order valence-electron chi connectivity index (χ4n) is 3.26. The molecule has 2 rings (SSSR count). The van der Waals surface area contributed by atoms with Gasteiger partial charge in [0.25, 0.3) is 11.6 Å². The molecule has 1 atom stereocenters. The number of hydrogen-bond donors (Lipinski definition) is 2. The lowest BCUT2D eigenvalue weighted by atomic mass is 10.0. The van der Waals surface area contributed by atoms with Gasteiger partial charge in [-0.3, -0.25) is 14.9 Å². The number of aryl methyl sites for hydroxylation is 2. The molecule has 0 aromatic heterocycles. The van der Waals surface area contributed by atoms with E-state index >= 15 is 0 Å². The van der Waals surface area contributed by atoms with E-state index in [9.17, 15) is 14.9 Å². The number of para-hydroxylation sites is 1. The van der Waals surface area contributed by atoms with Crippen molar-refractivity contribution < 1.29 is 14.6 Å². The molecule has 0 unspecified atom stereocenters. The highest BCUT2D eigenvalue weighted by Crippen LogP contribution is 2.23. The molecule has 0 radical (unpaired) electrons. The SMILES string of the molecule is CC[NH+](CC)[C@@H](C(=O)Nc1c(C)cccc1C)c1cccc([N+](=O)[O-])c1. The molecule has 2 N–H and O–H groups in total. The first-order valence-corrected chi connectivity index (χ1v) is 8.85. The van der Waals surface area contributed by atoms with Gasteiger partial charge in [0.2, 0.25) is 0 Å². The van der Waals surface area contributed by atoms with Gasteiger partial charge in [0.05, 0.1) is 18.0 Å². The van der Waals surface area contributed by atoms with Crippen molar-refractivity contribution in [1.82, 2.24) is 0 Å². The highest BCUT2D eigenvalue weighted by molar-refractivity contribution is 5.96. The van der Waals surface area contributed by atoms with Crippen molar-refractivity contribution in [1.29, 1.82) is 0 Å². The van der Waals surface area contributed by atoms with Gasteiger partial charge in [-0.1, -0.05) is 30.3 Å². The van der Waals surface area contributed by atoms with Crippen LogP contribution in [-0.2, 0) is 4.79 Å². The molecule has 0 bridgehead atoms. The maximum absolute atomic E-state index is 13.2. The molecule has 1 amide bonds. The molecule has 0 aliphatic rings. The van der Waals surface area contributed by atoms with Crippen molar-refractivity contribution >= 4 is 17.3 Å². The maximum Gasteiger partial charge on any atom is 0.287 e. The summed E-state index contributed by atoms with van der Waals surface area (Å²) < 4.78 is 0. The smallest absolute Gasteiger partial charge is 0.287 e. The van der Waals surface area contributed by atoms with E-state index in [1.54, 1.807) is 12.1 Å². The lowest BCUT2D eigenvalue weighted by Gasteiger charge is -2.26. The summed E-state index contributed by atoms with van der Waals surface area (Å²) in [5.41, 5.74) is 3.44. The Hall–Kier alpha value is -2.73. The number of quaternary nitrogens is 1. The van der Waals surface area contributed by atoms with Gasteiger partial charge in [-0.15, -0.1) is 0 Å². The van der Waals surface area contributed by atoms with Gasteiger partial charge in [-0.25, -0.2) is 0 Å². The van der Waals surface area contributed by atoms with Crippen molar-refractivity contribution in [2.45, 2.75) is 33.7 Å². The number of nitrogens with zero attached hydrogens (tertiary/aromatic N) is 1. The molecule has 6 heteroatoms. The zero-order valence-corrected chi connectivity index (χ0v) is 15.7. The summed E-state index contributed by atoms with van der Waals surface area (Å²) in [6.07, 6.45) is 0. The van der Waals surface area contributed by atoms with Gasteiger partial charge in [0, 0.05) is 23.4 Å². The number of nitro benzene ring substituents is 1. The van der Waals surface area contributed by atoms with Crippen LogP contribution in [0.15, 0.2) is 42.5 Å². The molecule has 2 aromatic carbocycles. The minimum Gasteiger partial charge on any atom is -0.321 e. The second kappa shape index (κ2) is 8.58. The maximum atomic E-state index is 13.2. The second-order valence-corrected chi connectivity index (χ2v) is 6.41. The third-order valence-electron chi connectivity index (χ3n) is 4.72.